The van der Waals surface area contributed by atoms with Gasteiger partial charge in [0, 0.05) is 6.07 Å². The van der Waals surface area contributed by atoms with Crippen LogP contribution in [0.15, 0.2) is 109 Å². The maximum Gasteiger partial charge on any atom is 0.310 e. The Labute approximate surface area is 182 Å². The fourth-order valence-electron chi connectivity index (χ4n) is 4.01. The maximum atomic E-state index is 11.4. The smallest absolute Gasteiger partial charge is 0.310 e. The third-order valence-electron chi connectivity index (χ3n) is 5.45. The number of rotatable bonds is 7. The molecule has 0 bridgehead atoms. The number of benzene rings is 4. The van der Waals surface area contributed by atoms with E-state index in [1.54, 1.807) is 6.07 Å². The van der Waals surface area contributed by atoms with Gasteiger partial charge in [-0.1, -0.05) is 54.6 Å². The molecule has 0 aromatic heterocycles. The van der Waals surface area contributed by atoms with Crippen LogP contribution in [0.3, 0.4) is 0 Å². The zero-order valence-corrected chi connectivity index (χ0v) is 18.1. The first-order chi connectivity index (χ1) is 15.1. The van der Waals surface area contributed by atoms with Gasteiger partial charge in [-0.05, 0) is 54.1 Å². The highest BCUT2D eigenvalue weighted by Gasteiger charge is 2.45. The first kappa shape index (κ1) is 20.8. The molecular formula is C26H23NO3P+. The average molecular weight is 428 g/mol. The van der Waals surface area contributed by atoms with Crippen molar-refractivity contribution in [2.75, 3.05) is 7.11 Å². The SMILES string of the molecule is COc1cc(C[P+](c2ccccc2)(c2ccccc2)c2ccccc2)ccc1[N+](=O)[O-]. The number of methoxy groups -OCH3 is 1. The van der Waals surface area contributed by atoms with E-state index in [0.717, 1.165) is 11.7 Å². The van der Waals surface area contributed by atoms with Crippen molar-refractivity contribution >= 4 is 28.9 Å². The standard InChI is InChI=1S/C26H23NO3P/c1-30-26-19-21(17-18-25(26)27(28)29)20-31(22-11-5-2-6-12-22,23-13-7-3-8-14-23)24-15-9-4-10-16-24/h2-19H,20H2,1H3/q+1. The van der Waals surface area contributed by atoms with Crippen LogP contribution < -0.4 is 20.7 Å². The zero-order valence-electron chi connectivity index (χ0n) is 17.2. The summed E-state index contributed by atoms with van der Waals surface area (Å²) >= 11 is 0. The predicted molar refractivity (Wildman–Crippen MR) is 129 cm³/mol. The van der Waals surface area contributed by atoms with Gasteiger partial charge < -0.3 is 4.74 Å². The normalized spacial score (nSPS) is 11.1. The van der Waals surface area contributed by atoms with Crippen LogP contribution in [0.1, 0.15) is 5.56 Å². The topological polar surface area (TPSA) is 52.4 Å². The molecule has 0 atom stereocenters. The molecule has 0 amide bonds. The van der Waals surface area contributed by atoms with Gasteiger partial charge in [0.05, 0.1) is 18.2 Å². The fraction of sp³-hybridized carbons (Fsp3) is 0.0769. The van der Waals surface area contributed by atoms with E-state index in [2.05, 4.69) is 72.8 Å². The minimum atomic E-state index is -2.07. The number of ether oxygens (including phenoxy) is 1. The lowest BCUT2D eigenvalue weighted by Crippen LogP contribution is -2.32. The molecule has 0 aliphatic rings. The van der Waals surface area contributed by atoms with Gasteiger partial charge >= 0.3 is 5.69 Å². The Morgan fingerprint density at radius 2 is 1.19 bits per heavy atom. The molecule has 0 spiro atoms. The highest BCUT2D eigenvalue weighted by molar-refractivity contribution is 7.95. The molecular weight excluding hydrogens is 405 g/mol. The Bertz CT molecular complexity index is 1070. The lowest BCUT2D eigenvalue weighted by Gasteiger charge is -2.28. The maximum absolute atomic E-state index is 11.4. The van der Waals surface area contributed by atoms with Gasteiger partial charge in [-0.25, -0.2) is 0 Å². The first-order valence-electron chi connectivity index (χ1n) is 10.0. The number of nitrogens with zero attached hydrogens (tertiary/aromatic N) is 1. The van der Waals surface area contributed by atoms with Gasteiger partial charge in [0.25, 0.3) is 0 Å². The van der Waals surface area contributed by atoms with E-state index in [4.69, 9.17) is 4.74 Å². The average Bonchev–Trinajstić information content (AvgIpc) is 2.84. The van der Waals surface area contributed by atoms with Crippen molar-refractivity contribution in [3.05, 3.63) is 125 Å². The molecule has 0 heterocycles. The predicted octanol–water partition coefficient (Wildman–Crippen LogP) is 5.10. The quantitative estimate of drug-likeness (QED) is 0.234. The number of hydrogen-bond donors (Lipinski definition) is 0. The second-order valence-electron chi connectivity index (χ2n) is 7.24. The van der Waals surface area contributed by atoms with Crippen LogP contribution in [0.2, 0.25) is 0 Å². The molecule has 4 nitrogen and oxygen atoms in total. The second-order valence-corrected chi connectivity index (χ2v) is 10.7. The van der Waals surface area contributed by atoms with Crippen LogP contribution in [0.5, 0.6) is 5.75 Å². The summed E-state index contributed by atoms with van der Waals surface area (Å²) in [5.41, 5.74) is 0.988. The molecule has 0 aliphatic carbocycles. The van der Waals surface area contributed by atoms with E-state index < -0.39 is 12.2 Å². The van der Waals surface area contributed by atoms with Crippen molar-refractivity contribution in [2.24, 2.45) is 0 Å². The molecule has 4 aromatic carbocycles. The molecule has 0 aliphatic heterocycles. The van der Waals surface area contributed by atoms with Gasteiger partial charge in [-0.2, -0.15) is 0 Å². The van der Waals surface area contributed by atoms with Gasteiger partial charge in [0.15, 0.2) is 5.75 Å². The molecule has 0 radical (unpaired) electrons. The summed E-state index contributed by atoms with van der Waals surface area (Å²) in [6.45, 7) is 0. The highest BCUT2D eigenvalue weighted by Crippen LogP contribution is 2.58. The Morgan fingerprint density at radius 1 is 0.742 bits per heavy atom. The van der Waals surface area contributed by atoms with Crippen molar-refractivity contribution in [3.63, 3.8) is 0 Å². The number of nitro groups is 1. The van der Waals surface area contributed by atoms with E-state index in [0.29, 0.717) is 0 Å². The van der Waals surface area contributed by atoms with Crippen molar-refractivity contribution in [2.45, 2.75) is 6.16 Å². The lowest BCUT2D eigenvalue weighted by molar-refractivity contribution is -0.385. The van der Waals surface area contributed by atoms with Gasteiger partial charge in [0.1, 0.15) is 23.2 Å². The Morgan fingerprint density at radius 3 is 1.58 bits per heavy atom. The molecule has 0 fully saturated rings. The lowest BCUT2D eigenvalue weighted by atomic mass is 10.2. The van der Waals surface area contributed by atoms with Crippen LogP contribution in [0.25, 0.3) is 0 Å². The summed E-state index contributed by atoms with van der Waals surface area (Å²) in [5.74, 6) is 0.287. The summed E-state index contributed by atoms with van der Waals surface area (Å²) < 4.78 is 5.35. The van der Waals surface area contributed by atoms with E-state index in [1.165, 1.54) is 23.0 Å². The minimum Gasteiger partial charge on any atom is -0.490 e. The molecule has 5 heteroatoms. The van der Waals surface area contributed by atoms with E-state index in [-0.39, 0.29) is 11.4 Å². The Kier molecular flexibility index (Phi) is 6.11. The van der Waals surface area contributed by atoms with E-state index >= 15 is 0 Å². The minimum absolute atomic E-state index is 0.0192. The largest absolute Gasteiger partial charge is 0.490 e. The fourth-order valence-corrected chi connectivity index (χ4v) is 8.24. The highest BCUT2D eigenvalue weighted by atomic mass is 31.2. The molecule has 4 rings (SSSR count). The van der Waals surface area contributed by atoms with E-state index in [1.807, 2.05) is 30.3 Å². The second kappa shape index (κ2) is 9.11. The number of hydrogen-bond acceptors (Lipinski definition) is 3. The molecule has 0 saturated heterocycles. The molecule has 154 valence electrons. The Hall–Kier alpha value is -3.49. The third kappa shape index (κ3) is 4.08. The third-order valence-corrected chi connectivity index (χ3v) is 9.83. The van der Waals surface area contributed by atoms with Crippen LogP contribution >= 0.6 is 7.26 Å². The Balaban J connectivity index is 1.96. The molecule has 0 N–H and O–H groups in total. The molecule has 31 heavy (non-hydrogen) atoms. The van der Waals surface area contributed by atoms with Crippen LogP contribution in [-0.2, 0) is 6.16 Å². The van der Waals surface area contributed by atoms with Gasteiger partial charge in [0.2, 0.25) is 0 Å². The van der Waals surface area contributed by atoms with Crippen LogP contribution in [0, 0.1) is 10.1 Å². The molecule has 4 aromatic rings. The van der Waals surface area contributed by atoms with Crippen molar-refractivity contribution in [1.82, 2.24) is 0 Å². The van der Waals surface area contributed by atoms with Crippen molar-refractivity contribution in [1.29, 1.82) is 0 Å². The molecule has 0 unspecified atom stereocenters. The summed E-state index contributed by atoms with van der Waals surface area (Å²) in [6, 6.07) is 36.9. The van der Waals surface area contributed by atoms with Crippen LogP contribution in [-0.4, -0.2) is 12.0 Å². The summed E-state index contributed by atoms with van der Waals surface area (Å²) in [4.78, 5) is 11.0. The van der Waals surface area contributed by atoms with Gasteiger partial charge in [-0.3, -0.25) is 10.1 Å². The van der Waals surface area contributed by atoms with Crippen molar-refractivity contribution < 1.29 is 9.66 Å². The summed E-state index contributed by atoms with van der Waals surface area (Å²) in [5, 5.41) is 15.2. The summed E-state index contributed by atoms with van der Waals surface area (Å²) in [7, 11) is -0.597. The molecule has 0 saturated carbocycles. The van der Waals surface area contributed by atoms with E-state index in [9.17, 15) is 10.1 Å². The first-order valence-corrected chi connectivity index (χ1v) is 12.0. The van der Waals surface area contributed by atoms with Crippen molar-refractivity contribution in [3.8, 4) is 5.75 Å². The monoisotopic (exact) mass is 428 g/mol. The van der Waals surface area contributed by atoms with Gasteiger partial charge in [-0.15, -0.1) is 0 Å². The summed E-state index contributed by atoms with van der Waals surface area (Å²) in [6.07, 6.45) is 0.736. The van der Waals surface area contributed by atoms with Crippen LogP contribution in [0.4, 0.5) is 5.69 Å². The number of nitro benzene ring substituents is 1. The zero-order chi connectivity index (χ0) is 21.7.